The molecule has 0 aliphatic carbocycles. The zero-order chi connectivity index (χ0) is 19.7. The van der Waals surface area contributed by atoms with Crippen molar-refractivity contribution < 1.29 is 14.7 Å². The van der Waals surface area contributed by atoms with Gasteiger partial charge in [0.2, 0.25) is 5.91 Å². The third kappa shape index (κ3) is 3.16. The van der Waals surface area contributed by atoms with Gasteiger partial charge in [0.25, 0.3) is 0 Å². The maximum atomic E-state index is 11.9. The van der Waals surface area contributed by atoms with E-state index < -0.39 is 17.9 Å². The maximum Gasteiger partial charge on any atom is 0.338 e. The van der Waals surface area contributed by atoms with Crippen molar-refractivity contribution in [1.29, 1.82) is 0 Å². The van der Waals surface area contributed by atoms with Crippen molar-refractivity contribution in [3.05, 3.63) is 70.3 Å². The van der Waals surface area contributed by atoms with Crippen LogP contribution in [0.25, 0.3) is 0 Å². The Kier molecular flexibility index (Phi) is 4.66. The number of aromatic nitrogens is 2. The van der Waals surface area contributed by atoms with Crippen LogP contribution in [-0.2, 0) is 4.79 Å². The Morgan fingerprint density at radius 2 is 2.04 bits per heavy atom. The van der Waals surface area contributed by atoms with Crippen molar-refractivity contribution in [3.63, 3.8) is 0 Å². The highest BCUT2D eigenvalue weighted by Gasteiger charge is 2.40. The number of primary amides is 1. The molecule has 0 aromatic carbocycles. The van der Waals surface area contributed by atoms with E-state index in [1.165, 1.54) is 23.6 Å². The van der Waals surface area contributed by atoms with E-state index >= 15 is 0 Å². The molecule has 0 fully saturated rings. The molecule has 1 amide bonds. The molecule has 4 heterocycles. The summed E-state index contributed by atoms with van der Waals surface area (Å²) in [6.07, 6.45) is 4.36. The normalized spacial score (nSPS) is 16.3. The molecule has 28 heavy (non-hydrogen) atoms. The number of rotatable bonds is 6. The van der Waals surface area contributed by atoms with Crippen LogP contribution in [0.5, 0.6) is 0 Å². The Hall–Kier alpha value is -3.46. The van der Waals surface area contributed by atoms with Crippen LogP contribution in [-0.4, -0.2) is 27.0 Å². The van der Waals surface area contributed by atoms with E-state index in [4.69, 9.17) is 5.73 Å². The number of aromatic carboxylic acids is 1. The first-order valence-corrected chi connectivity index (χ1v) is 9.48. The summed E-state index contributed by atoms with van der Waals surface area (Å²) in [4.78, 5) is 34.0. The maximum absolute atomic E-state index is 11.9. The van der Waals surface area contributed by atoms with Gasteiger partial charge in [-0.25, -0.2) is 9.78 Å². The molecule has 3 aromatic heterocycles. The first-order chi connectivity index (χ1) is 13.6. The number of carboxylic acid groups (broad SMARTS) is 1. The van der Waals surface area contributed by atoms with Crippen LogP contribution in [0.15, 0.2) is 53.6 Å². The van der Waals surface area contributed by atoms with E-state index in [0.717, 1.165) is 11.1 Å². The molecule has 0 saturated carbocycles. The van der Waals surface area contributed by atoms with Crippen molar-refractivity contribution in [3.8, 4) is 0 Å². The Morgan fingerprint density at radius 1 is 1.25 bits per heavy atom. The van der Waals surface area contributed by atoms with Gasteiger partial charge in [-0.05, 0) is 40.6 Å². The molecule has 3 aromatic rings. The fraction of sp³-hybridized carbons (Fsp3) is 0.158. The molecule has 0 radical (unpaired) electrons. The molecule has 2 atom stereocenters. The first-order valence-electron chi connectivity index (χ1n) is 8.53. The van der Waals surface area contributed by atoms with Crippen molar-refractivity contribution in [2.75, 3.05) is 10.2 Å². The van der Waals surface area contributed by atoms with Gasteiger partial charge >= 0.3 is 5.97 Å². The van der Waals surface area contributed by atoms with Crippen molar-refractivity contribution in [1.82, 2.24) is 9.97 Å². The van der Waals surface area contributed by atoms with E-state index in [9.17, 15) is 14.7 Å². The highest BCUT2D eigenvalue weighted by Crippen LogP contribution is 2.48. The number of amides is 1. The summed E-state index contributed by atoms with van der Waals surface area (Å²) in [5.41, 5.74) is 7.85. The molecule has 142 valence electrons. The van der Waals surface area contributed by atoms with Gasteiger partial charge in [-0.1, -0.05) is 0 Å². The fourth-order valence-electron chi connectivity index (χ4n) is 3.48. The van der Waals surface area contributed by atoms with E-state index in [1.807, 2.05) is 21.7 Å². The molecule has 1 aliphatic rings. The summed E-state index contributed by atoms with van der Waals surface area (Å²) < 4.78 is 0. The van der Waals surface area contributed by atoms with Gasteiger partial charge < -0.3 is 21.1 Å². The zero-order valence-corrected chi connectivity index (χ0v) is 15.5. The molecule has 4 N–H and O–H groups in total. The van der Waals surface area contributed by atoms with Crippen molar-refractivity contribution >= 4 is 34.7 Å². The van der Waals surface area contributed by atoms with E-state index in [-0.39, 0.29) is 18.2 Å². The number of thiophene rings is 1. The number of anilines is 2. The number of fused-ring (bicyclic) bond motifs is 1. The number of pyridine rings is 2. The van der Waals surface area contributed by atoms with Crippen LogP contribution >= 0.6 is 11.3 Å². The summed E-state index contributed by atoms with van der Waals surface area (Å²) >= 11 is 1.53. The monoisotopic (exact) mass is 395 g/mol. The SMILES string of the molecule is NC(=O)CC(c1ccncc1)N1c2c(C(=O)O)ccnc2NC1c1ccsc1. The largest absolute Gasteiger partial charge is 0.478 e. The average molecular weight is 395 g/mol. The molecular weight excluding hydrogens is 378 g/mol. The summed E-state index contributed by atoms with van der Waals surface area (Å²) in [7, 11) is 0. The Balaban J connectivity index is 1.91. The molecule has 0 bridgehead atoms. The predicted molar refractivity (Wildman–Crippen MR) is 105 cm³/mol. The van der Waals surface area contributed by atoms with Gasteiger partial charge in [-0.15, -0.1) is 0 Å². The Labute approximate surface area is 164 Å². The number of nitrogens with zero attached hydrogens (tertiary/aromatic N) is 3. The van der Waals surface area contributed by atoms with E-state index in [1.54, 1.807) is 24.5 Å². The topological polar surface area (TPSA) is 121 Å². The van der Waals surface area contributed by atoms with E-state index in [0.29, 0.717) is 11.5 Å². The Morgan fingerprint density at radius 3 is 2.68 bits per heavy atom. The minimum Gasteiger partial charge on any atom is -0.478 e. The van der Waals surface area contributed by atoms with Crippen LogP contribution < -0.4 is 16.0 Å². The lowest BCUT2D eigenvalue weighted by Crippen LogP contribution is -2.35. The molecule has 2 unspecified atom stereocenters. The van der Waals surface area contributed by atoms with E-state index in [2.05, 4.69) is 15.3 Å². The van der Waals surface area contributed by atoms with Crippen LogP contribution in [0, 0.1) is 0 Å². The number of hydrogen-bond acceptors (Lipinski definition) is 7. The van der Waals surface area contributed by atoms with Gasteiger partial charge in [0.05, 0.1) is 23.7 Å². The zero-order valence-electron chi connectivity index (χ0n) is 14.6. The third-order valence-corrected chi connectivity index (χ3v) is 5.35. The van der Waals surface area contributed by atoms with Gasteiger partial charge in [-0.3, -0.25) is 9.78 Å². The number of nitrogens with one attached hydrogen (secondary N) is 1. The lowest BCUT2D eigenvalue weighted by molar-refractivity contribution is -0.118. The second kappa shape index (κ2) is 7.28. The van der Waals surface area contributed by atoms with Crippen LogP contribution in [0.4, 0.5) is 11.5 Å². The number of nitrogens with two attached hydrogens (primary N) is 1. The fourth-order valence-corrected chi connectivity index (χ4v) is 4.16. The lowest BCUT2D eigenvalue weighted by atomic mass is 10.00. The second-order valence-corrected chi connectivity index (χ2v) is 7.12. The minimum absolute atomic E-state index is 0.0136. The quantitative estimate of drug-likeness (QED) is 0.587. The molecule has 0 spiro atoms. The molecule has 0 saturated heterocycles. The smallest absolute Gasteiger partial charge is 0.338 e. The van der Waals surface area contributed by atoms with Gasteiger partial charge in [-0.2, -0.15) is 11.3 Å². The second-order valence-electron chi connectivity index (χ2n) is 6.34. The highest BCUT2D eigenvalue weighted by molar-refractivity contribution is 7.08. The number of carbonyl (C=O) groups excluding carboxylic acids is 1. The minimum atomic E-state index is -1.07. The molecule has 9 heteroatoms. The summed E-state index contributed by atoms with van der Waals surface area (Å²) in [6, 6.07) is 6.52. The molecule has 8 nitrogen and oxygen atoms in total. The van der Waals surface area contributed by atoms with Crippen molar-refractivity contribution in [2.24, 2.45) is 5.73 Å². The van der Waals surface area contributed by atoms with Gasteiger partial charge in [0.1, 0.15) is 6.17 Å². The standard InChI is InChI=1S/C19H17N5O3S/c20-15(25)9-14(11-1-5-21-6-2-11)24-16-13(19(26)27)3-7-22-17(16)23-18(24)12-4-8-28-10-12/h1-8,10,14,18H,9H2,(H2,20,25)(H,22,23)(H,26,27). The number of carbonyl (C=O) groups is 2. The first kappa shape index (κ1) is 17.9. The average Bonchev–Trinajstić information content (AvgIpc) is 3.34. The predicted octanol–water partition coefficient (Wildman–Crippen LogP) is 2.78. The van der Waals surface area contributed by atoms with Gasteiger partial charge in [0, 0.05) is 24.2 Å². The molecule has 1 aliphatic heterocycles. The van der Waals surface area contributed by atoms with Gasteiger partial charge in [0.15, 0.2) is 5.82 Å². The summed E-state index contributed by atoms with van der Waals surface area (Å²) in [6.45, 7) is 0. The summed E-state index contributed by atoms with van der Waals surface area (Å²) in [5.74, 6) is -1.09. The lowest BCUT2D eigenvalue weighted by Gasteiger charge is -2.35. The van der Waals surface area contributed by atoms with Crippen LogP contribution in [0.1, 0.15) is 40.1 Å². The molecular formula is C19H17N5O3S. The summed E-state index contributed by atoms with van der Waals surface area (Å²) in [5, 5.41) is 17.0. The highest BCUT2D eigenvalue weighted by atomic mass is 32.1. The number of hydrogen-bond donors (Lipinski definition) is 3. The van der Waals surface area contributed by atoms with Crippen molar-refractivity contribution in [2.45, 2.75) is 18.6 Å². The van der Waals surface area contributed by atoms with Crippen LogP contribution in [0.3, 0.4) is 0 Å². The Bertz CT molecular complexity index is 1010. The molecule has 4 rings (SSSR count). The number of carboxylic acids is 1. The van der Waals surface area contributed by atoms with Crippen LogP contribution in [0.2, 0.25) is 0 Å². The third-order valence-electron chi connectivity index (χ3n) is 4.64.